The Morgan fingerprint density at radius 2 is 1.00 bits per heavy atom. The fourth-order valence-electron chi connectivity index (χ4n) is 3.10. The number of aromatic nitrogens is 2. The van der Waals surface area contributed by atoms with Gasteiger partial charge in [0, 0.05) is 23.5 Å². The molecule has 0 atom stereocenters. The molecule has 0 aliphatic rings. The molecule has 8 heteroatoms. The molecule has 0 spiro atoms. The summed E-state index contributed by atoms with van der Waals surface area (Å²) in [4.78, 5) is 34.2. The van der Waals surface area contributed by atoms with E-state index in [2.05, 4.69) is 20.6 Å². The number of hydrogen-bond acceptors (Lipinski definition) is 4. The van der Waals surface area contributed by atoms with Gasteiger partial charge in [-0.2, -0.15) is 0 Å². The molecule has 158 valence electrons. The molecule has 4 rings (SSSR count). The number of amides is 2. The Kier molecular flexibility index (Phi) is 6.44. The third-order valence-corrected chi connectivity index (χ3v) is 5.02. The average molecular weight is 463 g/mol. The second kappa shape index (κ2) is 9.60. The number of anilines is 2. The molecule has 0 aliphatic carbocycles. The van der Waals surface area contributed by atoms with E-state index in [0.717, 1.165) is 0 Å². The SMILES string of the molecule is O=C(Nc1ccc(Cl)cn1)c1ccccc1-c1ccccc1C(=O)Nc1ccc(Cl)cn1. The van der Waals surface area contributed by atoms with Crippen molar-refractivity contribution in [1.82, 2.24) is 9.97 Å². The second-order valence-corrected chi connectivity index (χ2v) is 7.60. The van der Waals surface area contributed by atoms with Crippen LogP contribution in [0.5, 0.6) is 0 Å². The Morgan fingerprint density at radius 3 is 1.38 bits per heavy atom. The first-order valence-corrected chi connectivity index (χ1v) is 10.3. The highest BCUT2D eigenvalue weighted by molar-refractivity contribution is 6.30. The van der Waals surface area contributed by atoms with Gasteiger partial charge in [0.25, 0.3) is 11.8 Å². The fraction of sp³-hybridized carbons (Fsp3) is 0. The first-order chi connectivity index (χ1) is 15.5. The highest BCUT2D eigenvalue weighted by Gasteiger charge is 2.18. The molecule has 2 aromatic heterocycles. The second-order valence-electron chi connectivity index (χ2n) is 6.72. The van der Waals surface area contributed by atoms with Gasteiger partial charge in [0.15, 0.2) is 0 Å². The number of rotatable bonds is 5. The Morgan fingerprint density at radius 1 is 0.594 bits per heavy atom. The van der Waals surface area contributed by atoms with Crippen molar-refractivity contribution in [3.63, 3.8) is 0 Å². The number of nitrogens with zero attached hydrogens (tertiary/aromatic N) is 2. The van der Waals surface area contributed by atoms with E-state index in [4.69, 9.17) is 23.2 Å². The Balaban J connectivity index is 1.66. The Bertz CT molecular complexity index is 1170. The molecule has 4 aromatic rings. The van der Waals surface area contributed by atoms with Crippen molar-refractivity contribution in [1.29, 1.82) is 0 Å². The first kappa shape index (κ1) is 21.5. The van der Waals surface area contributed by atoms with Gasteiger partial charge in [-0.3, -0.25) is 9.59 Å². The molecule has 0 aliphatic heterocycles. The van der Waals surface area contributed by atoms with E-state index in [1.165, 1.54) is 12.4 Å². The van der Waals surface area contributed by atoms with Crippen LogP contribution in [-0.2, 0) is 0 Å². The molecule has 0 unspecified atom stereocenters. The van der Waals surface area contributed by atoms with Gasteiger partial charge in [-0.1, -0.05) is 59.6 Å². The van der Waals surface area contributed by atoms with Crippen molar-refractivity contribution in [3.8, 4) is 11.1 Å². The smallest absolute Gasteiger partial charge is 0.257 e. The van der Waals surface area contributed by atoms with Gasteiger partial charge in [-0.05, 0) is 47.5 Å². The molecule has 0 radical (unpaired) electrons. The topological polar surface area (TPSA) is 84.0 Å². The maximum absolute atomic E-state index is 13.0. The number of carbonyl (C=O) groups is 2. The molecule has 0 fully saturated rings. The summed E-state index contributed by atoms with van der Waals surface area (Å²) in [6.07, 6.45) is 2.90. The van der Waals surface area contributed by atoms with Crippen LogP contribution >= 0.6 is 23.2 Å². The van der Waals surface area contributed by atoms with Crippen molar-refractivity contribution in [2.45, 2.75) is 0 Å². The lowest BCUT2D eigenvalue weighted by molar-refractivity contribution is 0.101. The number of benzene rings is 2. The molecule has 0 saturated carbocycles. The van der Waals surface area contributed by atoms with Crippen molar-refractivity contribution in [3.05, 3.63) is 106 Å². The van der Waals surface area contributed by atoms with Crippen LogP contribution in [0, 0.1) is 0 Å². The monoisotopic (exact) mass is 462 g/mol. The van der Waals surface area contributed by atoms with Crippen LogP contribution in [0.2, 0.25) is 10.0 Å². The molecule has 6 nitrogen and oxygen atoms in total. The van der Waals surface area contributed by atoms with Crippen LogP contribution < -0.4 is 10.6 Å². The summed E-state index contributed by atoms with van der Waals surface area (Å²) < 4.78 is 0. The van der Waals surface area contributed by atoms with E-state index < -0.39 is 0 Å². The largest absolute Gasteiger partial charge is 0.307 e. The quantitative estimate of drug-likeness (QED) is 0.383. The van der Waals surface area contributed by atoms with Crippen LogP contribution in [0.4, 0.5) is 11.6 Å². The minimum absolute atomic E-state index is 0.356. The molecule has 32 heavy (non-hydrogen) atoms. The number of hydrogen-bond donors (Lipinski definition) is 2. The van der Waals surface area contributed by atoms with Crippen molar-refractivity contribution < 1.29 is 9.59 Å². The molecular formula is C24H16Cl2N4O2. The molecule has 2 aromatic carbocycles. The van der Waals surface area contributed by atoms with Crippen molar-refractivity contribution in [2.24, 2.45) is 0 Å². The molecule has 2 heterocycles. The summed E-state index contributed by atoms with van der Waals surface area (Å²) in [6.45, 7) is 0. The Hall–Kier alpha value is -3.74. The normalized spacial score (nSPS) is 10.4. The van der Waals surface area contributed by atoms with Gasteiger partial charge in [0.2, 0.25) is 0 Å². The zero-order valence-electron chi connectivity index (χ0n) is 16.5. The summed E-state index contributed by atoms with van der Waals surface area (Å²) >= 11 is 11.7. The number of halogens is 2. The zero-order valence-corrected chi connectivity index (χ0v) is 18.1. The van der Waals surface area contributed by atoms with Gasteiger partial charge in [-0.15, -0.1) is 0 Å². The number of pyridine rings is 2. The van der Waals surface area contributed by atoms with Gasteiger partial charge < -0.3 is 10.6 Å². The summed E-state index contributed by atoms with van der Waals surface area (Å²) in [5.41, 5.74) is 2.01. The van der Waals surface area contributed by atoms with E-state index in [9.17, 15) is 9.59 Å². The summed E-state index contributed by atoms with van der Waals surface area (Å²) in [5, 5.41) is 6.46. The van der Waals surface area contributed by atoms with E-state index in [0.29, 0.717) is 43.9 Å². The van der Waals surface area contributed by atoms with Crippen LogP contribution in [0.25, 0.3) is 11.1 Å². The predicted molar refractivity (Wildman–Crippen MR) is 126 cm³/mol. The first-order valence-electron chi connectivity index (χ1n) is 9.55. The number of carbonyl (C=O) groups excluding carboxylic acids is 2. The zero-order chi connectivity index (χ0) is 22.5. The molecule has 0 bridgehead atoms. The van der Waals surface area contributed by atoms with Crippen LogP contribution in [0.1, 0.15) is 20.7 Å². The van der Waals surface area contributed by atoms with Crippen LogP contribution in [0.3, 0.4) is 0 Å². The van der Waals surface area contributed by atoms with Gasteiger partial charge in [0.1, 0.15) is 11.6 Å². The molecule has 0 saturated heterocycles. The minimum Gasteiger partial charge on any atom is -0.307 e. The molecular weight excluding hydrogens is 447 g/mol. The molecule has 2 N–H and O–H groups in total. The highest BCUT2D eigenvalue weighted by atomic mass is 35.5. The van der Waals surface area contributed by atoms with Gasteiger partial charge in [0.05, 0.1) is 10.0 Å². The van der Waals surface area contributed by atoms with Crippen molar-refractivity contribution >= 4 is 46.7 Å². The average Bonchev–Trinajstić information content (AvgIpc) is 2.82. The fourth-order valence-corrected chi connectivity index (χ4v) is 3.32. The standard InChI is InChI=1S/C24H16Cl2N4O2/c25-15-9-11-21(27-13-15)29-23(31)19-7-3-1-5-17(19)18-6-2-4-8-20(18)24(32)30-22-12-10-16(26)14-28-22/h1-14H,(H,27,29,31)(H,28,30,32). The minimum atomic E-state index is -0.356. The maximum Gasteiger partial charge on any atom is 0.257 e. The van der Waals surface area contributed by atoms with E-state index in [-0.39, 0.29) is 11.8 Å². The summed E-state index contributed by atoms with van der Waals surface area (Å²) in [7, 11) is 0. The maximum atomic E-state index is 13.0. The van der Waals surface area contributed by atoms with Crippen LogP contribution in [0.15, 0.2) is 85.2 Å². The predicted octanol–water partition coefficient (Wildman–Crippen LogP) is 5.96. The van der Waals surface area contributed by atoms with Gasteiger partial charge >= 0.3 is 0 Å². The molecule has 2 amide bonds. The van der Waals surface area contributed by atoms with Crippen molar-refractivity contribution in [2.75, 3.05) is 10.6 Å². The summed E-state index contributed by atoms with van der Waals surface area (Å²) in [6, 6.07) is 20.6. The van der Waals surface area contributed by atoms with E-state index >= 15 is 0 Å². The van der Waals surface area contributed by atoms with Crippen LogP contribution in [-0.4, -0.2) is 21.8 Å². The van der Waals surface area contributed by atoms with E-state index in [1.807, 2.05) is 12.1 Å². The highest BCUT2D eigenvalue weighted by Crippen LogP contribution is 2.28. The third-order valence-electron chi connectivity index (χ3n) is 4.57. The number of nitrogens with one attached hydrogen (secondary N) is 2. The lowest BCUT2D eigenvalue weighted by atomic mass is 9.94. The summed E-state index contributed by atoms with van der Waals surface area (Å²) in [5.74, 6) is 0.0260. The lowest BCUT2D eigenvalue weighted by Crippen LogP contribution is -2.16. The lowest BCUT2D eigenvalue weighted by Gasteiger charge is -2.14. The van der Waals surface area contributed by atoms with E-state index in [1.54, 1.807) is 60.7 Å². The Labute approximate surface area is 194 Å². The van der Waals surface area contributed by atoms with Gasteiger partial charge in [-0.25, -0.2) is 9.97 Å². The third kappa shape index (κ3) is 4.94.